The van der Waals surface area contributed by atoms with Gasteiger partial charge < -0.3 is 10.2 Å². The summed E-state index contributed by atoms with van der Waals surface area (Å²) in [6, 6.07) is 3.87. The Bertz CT molecular complexity index is 495. The molecule has 5 heteroatoms. The van der Waals surface area contributed by atoms with Crippen LogP contribution in [0.2, 0.25) is 5.02 Å². The van der Waals surface area contributed by atoms with Crippen LogP contribution in [0, 0.1) is 11.7 Å². The average Bonchev–Trinajstić information content (AvgIpc) is 2.41. The number of carbonyl (C=O) groups excluding carboxylic acids is 1. The summed E-state index contributed by atoms with van der Waals surface area (Å²) in [6.45, 7) is 6.20. The maximum absolute atomic E-state index is 13.0. The Morgan fingerprint density at radius 3 is 2.95 bits per heavy atom. The van der Waals surface area contributed by atoms with E-state index >= 15 is 0 Å². The third-order valence-corrected chi connectivity index (χ3v) is 4.31. The number of hydrogen-bond acceptors (Lipinski definition) is 1. The highest BCUT2D eigenvalue weighted by atomic mass is 35.5. The number of halogens is 2. The van der Waals surface area contributed by atoms with Gasteiger partial charge in [-0.15, -0.1) is 0 Å². The molecule has 20 heavy (non-hydrogen) atoms. The lowest BCUT2D eigenvalue weighted by molar-refractivity contribution is -0.922. The number of quaternary nitrogens is 1. The summed E-state index contributed by atoms with van der Waals surface area (Å²) in [7, 11) is 0. The average molecular weight is 300 g/mol. The van der Waals surface area contributed by atoms with Crippen LogP contribution in [-0.4, -0.2) is 25.0 Å². The lowest BCUT2D eigenvalue weighted by Crippen LogP contribution is -3.17. The predicted molar refractivity (Wildman–Crippen MR) is 78.6 cm³/mol. The summed E-state index contributed by atoms with van der Waals surface area (Å²) in [5.41, 5.74) is 0.467. The highest BCUT2D eigenvalue weighted by Crippen LogP contribution is 2.22. The van der Waals surface area contributed by atoms with Crippen LogP contribution in [0.4, 0.5) is 10.1 Å². The molecule has 3 nitrogen and oxygen atoms in total. The van der Waals surface area contributed by atoms with Crippen molar-refractivity contribution in [2.45, 2.75) is 32.7 Å². The summed E-state index contributed by atoms with van der Waals surface area (Å²) in [5.74, 6) is 0.183. The number of anilines is 1. The molecule has 1 aromatic carbocycles. The Kier molecular flexibility index (Phi) is 5.00. The van der Waals surface area contributed by atoms with E-state index in [0.29, 0.717) is 11.6 Å². The number of carbonyl (C=O) groups is 1. The van der Waals surface area contributed by atoms with Crippen LogP contribution in [0.1, 0.15) is 26.7 Å². The molecule has 2 N–H and O–H groups in total. The molecule has 0 aromatic heterocycles. The molecule has 1 aliphatic rings. The molecular formula is C15H21ClFN2O+. The van der Waals surface area contributed by atoms with Gasteiger partial charge in [-0.25, -0.2) is 4.39 Å². The topological polar surface area (TPSA) is 33.5 Å². The van der Waals surface area contributed by atoms with Gasteiger partial charge in [-0.3, -0.25) is 4.79 Å². The Balaban J connectivity index is 2.00. The van der Waals surface area contributed by atoms with Crippen LogP contribution in [0.3, 0.4) is 0 Å². The molecule has 1 heterocycles. The van der Waals surface area contributed by atoms with Gasteiger partial charge in [0.05, 0.1) is 23.8 Å². The van der Waals surface area contributed by atoms with Crippen LogP contribution in [0.15, 0.2) is 18.2 Å². The fourth-order valence-corrected chi connectivity index (χ4v) is 2.95. The zero-order chi connectivity index (χ0) is 14.7. The second-order valence-corrected chi connectivity index (χ2v) is 6.10. The fraction of sp³-hybridized carbons (Fsp3) is 0.533. The second kappa shape index (κ2) is 6.55. The molecule has 0 spiro atoms. The van der Waals surface area contributed by atoms with E-state index in [-0.39, 0.29) is 17.0 Å². The van der Waals surface area contributed by atoms with Crippen LogP contribution in [0.25, 0.3) is 0 Å². The van der Waals surface area contributed by atoms with Crippen LogP contribution in [0.5, 0.6) is 0 Å². The van der Waals surface area contributed by atoms with Gasteiger partial charge in [0.1, 0.15) is 5.82 Å². The molecule has 0 aliphatic carbocycles. The number of amides is 1. The highest BCUT2D eigenvalue weighted by Gasteiger charge is 2.29. The van der Waals surface area contributed by atoms with Crippen molar-refractivity contribution in [2.75, 3.05) is 18.4 Å². The first-order valence-corrected chi connectivity index (χ1v) is 7.45. The standard InChI is InChI=1S/C15H20ClFN2O/c1-10-4-3-7-19(9-10)11(2)15(20)18-14-6-5-12(17)8-13(14)16/h5-6,8,10-11H,3-4,7,9H2,1-2H3,(H,18,20)/p+1/t10-,11-/m0/s1. The summed E-state index contributed by atoms with van der Waals surface area (Å²) in [6.07, 6.45) is 2.40. The van der Waals surface area contributed by atoms with E-state index in [4.69, 9.17) is 11.6 Å². The molecule has 110 valence electrons. The van der Waals surface area contributed by atoms with Crippen LogP contribution < -0.4 is 10.2 Å². The van der Waals surface area contributed by atoms with E-state index in [2.05, 4.69) is 12.2 Å². The van der Waals surface area contributed by atoms with Crippen molar-refractivity contribution in [3.8, 4) is 0 Å². The maximum atomic E-state index is 13.0. The molecule has 0 radical (unpaired) electrons. The molecule has 1 aromatic rings. The number of benzene rings is 1. The van der Waals surface area contributed by atoms with Crippen LogP contribution >= 0.6 is 11.6 Å². The second-order valence-electron chi connectivity index (χ2n) is 5.69. The fourth-order valence-electron chi connectivity index (χ4n) is 2.74. The van der Waals surface area contributed by atoms with E-state index < -0.39 is 5.82 Å². The summed E-state index contributed by atoms with van der Waals surface area (Å²) in [5, 5.41) is 3.02. The minimum atomic E-state index is -0.406. The molecule has 1 amide bonds. The van der Waals surface area contributed by atoms with Crippen molar-refractivity contribution in [2.24, 2.45) is 5.92 Å². The zero-order valence-corrected chi connectivity index (χ0v) is 12.6. The van der Waals surface area contributed by atoms with Crippen molar-refractivity contribution >= 4 is 23.2 Å². The first kappa shape index (κ1) is 15.3. The number of hydrogen-bond donors (Lipinski definition) is 2. The number of rotatable bonds is 3. The minimum Gasteiger partial charge on any atom is -0.325 e. The molecule has 0 bridgehead atoms. The molecule has 3 atom stereocenters. The molecule has 0 saturated carbocycles. The third-order valence-electron chi connectivity index (χ3n) is 4.00. The Morgan fingerprint density at radius 2 is 2.30 bits per heavy atom. The first-order chi connectivity index (χ1) is 9.47. The number of nitrogens with one attached hydrogen (secondary N) is 2. The van der Waals surface area contributed by atoms with E-state index in [0.717, 1.165) is 19.5 Å². The summed E-state index contributed by atoms with van der Waals surface area (Å²) >= 11 is 5.93. The molecule has 1 unspecified atom stereocenters. The Morgan fingerprint density at radius 1 is 1.55 bits per heavy atom. The van der Waals surface area contributed by atoms with Crippen molar-refractivity contribution < 1.29 is 14.1 Å². The van der Waals surface area contributed by atoms with Gasteiger partial charge in [-0.2, -0.15) is 0 Å². The quantitative estimate of drug-likeness (QED) is 0.881. The molecule has 1 fully saturated rings. The predicted octanol–water partition coefficient (Wildman–Crippen LogP) is 2.12. The van der Waals surface area contributed by atoms with Crippen molar-refractivity contribution in [3.05, 3.63) is 29.0 Å². The SMILES string of the molecule is C[C@H]1CCC[NH+]([C@@H](C)C(=O)Nc2ccc(F)cc2Cl)C1. The Hall–Kier alpha value is -1.13. The number of likely N-dealkylation sites (tertiary alicyclic amines) is 1. The molecule has 2 rings (SSSR count). The molecule has 1 saturated heterocycles. The van der Waals surface area contributed by atoms with Crippen molar-refractivity contribution in [1.29, 1.82) is 0 Å². The van der Waals surface area contributed by atoms with Gasteiger partial charge in [0.2, 0.25) is 0 Å². The van der Waals surface area contributed by atoms with Gasteiger partial charge >= 0.3 is 0 Å². The maximum Gasteiger partial charge on any atom is 0.282 e. The molecular weight excluding hydrogens is 279 g/mol. The van der Waals surface area contributed by atoms with E-state index in [1.54, 1.807) is 0 Å². The largest absolute Gasteiger partial charge is 0.325 e. The Labute approximate surface area is 124 Å². The van der Waals surface area contributed by atoms with E-state index in [1.807, 2.05) is 6.92 Å². The summed E-state index contributed by atoms with van der Waals surface area (Å²) in [4.78, 5) is 13.6. The lowest BCUT2D eigenvalue weighted by atomic mass is 9.99. The van der Waals surface area contributed by atoms with Crippen molar-refractivity contribution in [3.63, 3.8) is 0 Å². The van der Waals surface area contributed by atoms with Gasteiger partial charge in [0, 0.05) is 5.92 Å². The first-order valence-electron chi connectivity index (χ1n) is 7.08. The third kappa shape index (κ3) is 3.70. The van der Waals surface area contributed by atoms with Gasteiger partial charge in [0.25, 0.3) is 5.91 Å². The minimum absolute atomic E-state index is 0.0670. The van der Waals surface area contributed by atoms with Crippen LogP contribution in [-0.2, 0) is 4.79 Å². The zero-order valence-electron chi connectivity index (χ0n) is 11.9. The molecule has 1 aliphatic heterocycles. The normalized spacial score (nSPS) is 24.2. The van der Waals surface area contributed by atoms with E-state index in [9.17, 15) is 9.18 Å². The van der Waals surface area contributed by atoms with Gasteiger partial charge in [-0.1, -0.05) is 18.5 Å². The lowest BCUT2D eigenvalue weighted by Gasteiger charge is -2.31. The van der Waals surface area contributed by atoms with Crippen molar-refractivity contribution in [1.82, 2.24) is 0 Å². The van der Waals surface area contributed by atoms with E-state index in [1.165, 1.54) is 29.5 Å². The summed E-state index contributed by atoms with van der Waals surface area (Å²) < 4.78 is 13.0. The van der Waals surface area contributed by atoms with Gasteiger partial charge in [-0.05, 0) is 38.0 Å². The monoisotopic (exact) mass is 299 g/mol. The number of piperidine rings is 1. The smallest absolute Gasteiger partial charge is 0.282 e. The highest BCUT2D eigenvalue weighted by molar-refractivity contribution is 6.33. The van der Waals surface area contributed by atoms with Gasteiger partial charge in [0.15, 0.2) is 6.04 Å².